The van der Waals surface area contributed by atoms with Crippen LogP contribution in [0.1, 0.15) is 36.8 Å². The van der Waals surface area contributed by atoms with Gasteiger partial charge in [0, 0.05) is 23.8 Å². The summed E-state index contributed by atoms with van der Waals surface area (Å²) in [5.41, 5.74) is 3.27. The van der Waals surface area contributed by atoms with E-state index in [2.05, 4.69) is 35.6 Å². The summed E-state index contributed by atoms with van der Waals surface area (Å²) in [7, 11) is 2.08. The Hall–Kier alpha value is -1.10. The van der Waals surface area contributed by atoms with Crippen LogP contribution in [0.2, 0.25) is 0 Å². The number of anilines is 1. The number of hydrogen-bond acceptors (Lipinski definition) is 3. The summed E-state index contributed by atoms with van der Waals surface area (Å²) in [5, 5.41) is 6.70. The third kappa shape index (κ3) is 4.46. The summed E-state index contributed by atoms with van der Waals surface area (Å²) in [6.07, 6.45) is 4.93. The molecule has 0 saturated carbocycles. The molecule has 0 radical (unpaired) electrons. The number of piperidine rings is 1. The van der Waals surface area contributed by atoms with Crippen molar-refractivity contribution in [2.45, 2.75) is 57.7 Å². The number of carbonyl (C=O) groups is 1. The van der Waals surface area contributed by atoms with Crippen molar-refractivity contribution >= 4 is 24.0 Å². The molecule has 2 heterocycles. The molecule has 0 aromatic heterocycles. The lowest BCUT2D eigenvalue weighted by atomic mass is 9.98. The largest absolute Gasteiger partial charge is 0.325 e. The molecule has 0 aliphatic carbocycles. The highest BCUT2D eigenvalue weighted by atomic mass is 35.5. The van der Waals surface area contributed by atoms with Crippen LogP contribution in [0.15, 0.2) is 18.2 Å². The van der Waals surface area contributed by atoms with Gasteiger partial charge in [-0.15, -0.1) is 12.4 Å². The van der Waals surface area contributed by atoms with Crippen LogP contribution >= 0.6 is 12.4 Å². The van der Waals surface area contributed by atoms with Crippen LogP contribution in [-0.4, -0.2) is 42.5 Å². The van der Waals surface area contributed by atoms with E-state index in [-0.39, 0.29) is 18.3 Å². The molecule has 4 nitrogen and oxygen atoms in total. The Bertz CT molecular complexity index is 551. The molecule has 2 unspecified atom stereocenters. The average Bonchev–Trinajstić information content (AvgIpc) is 2.80. The Balaban J connectivity index is 0.00000192. The van der Waals surface area contributed by atoms with Crippen molar-refractivity contribution in [2.75, 3.05) is 18.9 Å². The maximum Gasteiger partial charge on any atom is 0.238 e. The van der Waals surface area contributed by atoms with Gasteiger partial charge in [-0.1, -0.05) is 17.7 Å². The van der Waals surface area contributed by atoms with E-state index < -0.39 is 0 Å². The fraction of sp³-hybridized carbons (Fsp3) is 0.611. The number of likely N-dealkylation sites (N-methyl/N-ethyl adjacent to an activating group) is 1. The van der Waals surface area contributed by atoms with Gasteiger partial charge < -0.3 is 10.6 Å². The van der Waals surface area contributed by atoms with Crippen LogP contribution in [0.5, 0.6) is 0 Å². The van der Waals surface area contributed by atoms with Gasteiger partial charge in [0.1, 0.15) is 0 Å². The zero-order valence-corrected chi connectivity index (χ0v) is 15.1. The van der Waals surface area contributed by atoms with E-state index in [0.29, 0.717) is 24.7 Å². The van der Waals surface area contributed by atoms with E-state index in [1.165, 1.54) is 31.2 Å². The minimum Gasteiger partial charge on any atom is -0.325 e. The highest BCUT2D eigenvalue weighted by Crippen LogP contribution is 2.29. The van der Waals surface area contributed by atoms with E-state index in [1.54, 1.807) is 0 Å². The fourth-order valence-electron chi connectivity index (χ4n) is 3.89. The SMILES string of the molecule is Cc1ccc(NC(=O)CN(C)C2CC3CCC(C2)N3)c(C)c1.Cl. The van der Waals surface area contributed by atoms with Crippen molar-refractivity contribution in [3.8, 4) is 0 Å². The molecule has 128 valence electrons. The number of benzene rings is 1. The standard InChI is InChI=1S/C18H27N3O.ClH/c1-12-4-7-17(13(2)8-12)20-18(22)11-21(3)16-9-14-5-6-15(10-16)19-14;/h4,7-8,14-16,19H,5-6,9-11H2,1-3H3,(H,20,22);1H. The third-order valence-corrected chi connectivity index (χ3v) is 5.12. The van der Waals surface area contributed by atoms with Crippen molar-refractivity contribution in [1.29, 1.82) is 0 Å². The Kier molecular flexibility index (Phi) is 6.06. The Morgan fingerprint density at radius 2 is 1.91 bits per heavy atom. The Morgan fingerprint density at radius 1 is 1.26 bits per heavy atom. The van der Waals surface area contributed by atoms with Crippen LogP contribution in [0.4, 0.5) is 5.69 Å². The monoisotopic (exact) mass is 337 g/mol. The number of carbonyl (C=O) groups excluding carboxylic acids is 1. The van der Waals surface area contributed by atoms with Crippen LogP contribution in [0.3, 0.4) is 0 Å². The molecule has 2 bridgehead atoms. The second kappa shape index (κ2) is 7.65. The third-order valence-electron chi connectivity index (χ3n) is 5.12. The van der Waals surface area contributed by atoms with Crippen molar-refractivity contribution in [3.05, 3.63) is 29.3 Å². The quantitative estimate of drug-likeness (QED) is 0.888. The first kappa shape index (κ1) is 18.2. The van der Waals surface area contributed by atoms with E-state index in [0.717, 1.165) is 11.3 Å². The molecule has 1 aromatic carbocycles. The van der Waals surface area contributed by atoms with Gasteiger partial charge in [0.2, 0.25) is 5.91 Å². The topological polar surface area (TPSA) is 44.4 Å². The van der Waals surface area contributed by atoms with Crippen molar-refractivity contribution < 1.29 is 4.79 Å². The van der Waals surface area contributed by atoms with E-state index in [9.17, 15) is 4.79 Å². The second-order valence-electron chi connectivity index (χ2n) is 7.04. The minimum absolute atomic E-state index is 0. The lowest BCUT2D eigenvalue weighted by Gasteiger charge is -2.35. The lowest BCUT2D eigenvalue weighted by Crippen LogP contribution is -2.48. The molecule has 5 heteroatoms. The van der Waals surface area contributed by atoms with Gasteiger partial charge in [0.05, 0.1) is 6.54 Å². The molecule has 1 amide bonds. The molecular weight excluding hydrogens is 310 g/mol. The zero-order valence-electron chi connectivity index (χ0n) is 14.3. The molecule has 2 fully saturated rings. The highest BCUT2D eigenvalue weighted by Gasteiger charge is 2.35. The van der Waals surface area contributed by atoms with Gasteiger partial charge in [-0.05, 0) is 58.2 Å². The summed E-state index contributed by atoms with van der Waals surface area (Å²) in [6.45, 7) is 4.58. The predicted octanol–water partition coefficient (Wildman–Crippen LogP) is 2.88. The Labute approximate surface area is 145 Å². The maximum absolute atomic E-state index is 12.3. The lowest BCUT2D eigenvalue weighted by molar-refractivity contribution is -0.117. The Morgan fingerprint density at radius 3 is 2.52 bits per heavy atom. The number of aryl methyl sites for hydroxylation is 2. The number of halogens is 1. The minimum atomic E-state index is 0. The molecule has 2 N–H and O–H groups in total. The fourth-order valence-corrected chi connectivity index (χ4v) is 3.89. The predicted molar refractivity (Wildman–Crippen MR) is 97.4 cm³/mol. The summed E-state index contributed by atoms with van der Waals surface area (Å²) in [5.74, 6) is 0.0836. The normalized spacial score (nSPS) is 26.0. The number of hydrogen-bond donors (Lipinski definition) is 2. The van der Waals surface area contributed by atoms with Crippen LogP contribution in [0, 0.1) is 13.8 Å². The van der Waals surface area contributed by atoms with E-state index >= 15 is 0 Å². The average molecular weight is 338 g/mol. The highest BCUT2D eigenvalue weighted by molar-refractivity contribution is 5.93. The second-order valence-corrected chi connectivity index (χ2v) is 7.04. The number of nitrogens with one attached hydrogen (secondary N) is 2. The first-order valence-electron chi connectivity index (χ1n) is 8.34. The molecule has 2 aliphatic heterocycles. The van der Waals surface area contributed by atoms with Gasteiger partial charge in [0.15, 0.2) is 0 Å². The number of nitrogens with zero attached hydrogens (tertiary/aromatic N) is 1. The van der Waals surface area contributed by atoms with Crippen molar-refractivity contribution in [3.63, 3.8) is 0 Å². The smallest absolute Gasteiger partial charge is 0.238 e. The summed E-state index contributed by atoms with van der Waals surface area (Å²) in [4.78, 5) is 14.5. The van der Waals surface area contributed by atoms with Crippen LogP contribution in [-0.2, 0) is 4.79 Å². The van der Waals surface area contributed by atoms with Crippen molar-refractivity contribution in [1.82, 2.24) is 10.2 Å². The molecule has 1 aromatic rings. The number of fused-ring (bicyclic) bond motifs is 2. The first-order valence-corrected chi connectivity index (χ1v) is 8.34. The van der Waals surface area contributed by atoms with Crippen LogP contribution in [0.25, 0.3) is 0 Å². The molecule has 0 spiro atoms. The first-order chi connectivity index (χ1) is 10.5. The van der Waals surface area contributed by atoms with Gasteiger partial charge in [-0.2, -0.15) is 0 Å². The molecule has 23 heavy (non-hydrogen) atoms. The maximum atomic E-state index is 12.3. The zero-order chi connectivity index (χ0) is 15.7. The van der Waals surface area contributed by atoms with Gasteiger partial charge in [-0.3, -0.25) is 9.69 Å². The summed E-state index contributed by atoms with van der Waals surface area (Å²) >= 11 is 0. The molecular formula is C18H28ClN3O. The molecule has 3 rings (SSSR count). The molecule has 2 aliphatic rings. The van der Waals surface area contributed by atoms with Gasteiger partial charge in [0.25, 0.3) is 0 Å². The summed E-state index contributed by atoms with van der Waals surface area (Å²) < 4.78 is 0. The van der Waals surface area contributed by atoms with Crippen LogP contribution < -0.4 is 10.6 Å². The van der Waals surface area contributed by atoms with E-state index in [4.69, 9.17) is 0 Å². The van der Waals surface area contributed by atoms with Gasteiger partial charge >= 0.3 is 0 Å². The molecule has 2 atom stereocenters. The number of amides is 1. The molecule has 2 saturated heterocycles. The van der Waals surface area contributed by atoms with Crippen molar-refractivity contribution in [2.24, 2.45) is 0 Å². The van der Waals surface area contributed by atoms with Gasteiger partial charge in [-0.25, -0.2) is 0 Å². The number of rotatable bonds is 4. The van der Waals surface area contributed by atoms with E-state index in [1.807, 2.05) is 19.1 Å². The summed E-state index contributed by atoms with van der Waals surface area (Å²) in [6, 6.07) is 7.99.